The third-order valence-corrected chi connectivity index (χ3v) is 2.93. The molecule has 1 aromatic heterocycles. The van der Waals surface area contributed by atoms with Gasteiger partial charge in [0.05, 0.1) is 12.7 Å². The van der Waals surface area contributed by atoms with E-state index in [1.807, 2.05) is 0 Å². The van der Waals surface area contributed by atoms with Crippen molar-refractivity contribution in [1.82, 2.24) is 9.78 Å². The Hall–Kier alpha value is -1.92. The van der Waals surface area contributed by atoms with E-state index >= 15 is 0 Å². The van der Waals surface area contributed by atoms with E-state index in [2.05, 4.69) is 5.10 Å². The Morgan fingerprint density at radius 2 is 2.24 bits per heavy atom. The number of halogens is 2. The highest BCUT2D eigenvalue weighted by atomic mass is 35.5. The third-order valence-electron chi connectivity index (χ3n) is 2.69. The lowest BCUT2D eigenvalue weighted by molar-refractivity contribution is 0.293. The molecule has 1 aromatic carbocycles. The highest BCUT2D eigenvalue weighted by Gasteiger charge is 2.07. The average Bonchev–Trinajstić information content (AvgIpc) is 2.42. The zero-order valence-corrected chi connectivity index (χ0v) is 12.2. The second kappa shape index (κ2) is 6.69. The molecule has 0 spiro atoms. The first-order valence-corrected chi connectivity index (χ1v) is 6.73. The summed E-state index contributed by atoms with van der Waals surface area (Å²) in [6, 6.07) is 5.43. The SMILES string of the molecule is CC(N)COc1cnn(Cc2ccc(Cl)cc2F)c(=O)c1. The lowest BCUT2D eigenvalue weighted by Crippen LogP contribution is -2.26. The minimum atomic E-state index is -0.478. The fourth-order valence-corrected chi connectivity index (χ4v) is 1.81. The molecule has 0 aliphatic carbocycles. The third kappa shape index (κ3) is 4.27. The van der Waals surface area contributed by atoms with Crippen LogP contribution in [0.4, 0.5) is 4.39 Å². The molecule has 0 amide bonds. The van der Waals surface area contributed by atoms with Crippen molar-refractivity contribution in [3.63, 3.8) is 0 Å². The molecule has 1 unspecified atom stereocenters. The first kappa shape index (κ1) is 15.5. The number of nitrogens with two attached hydrogens (primary N) is 1. The van der Waals surface area contributed by atoms with E-state index in [1.165, 1.54) is 24.4 Å². The van der Waals surface area contributed by atoms with Crippen LogP contribution in [0.3, 0.4) is 0 Å². The lowest BCUT2D eigenvalue weighted by atomic mass is 10.2. The number of ether oxygens (including phenoxy) is 1. The van der Waals surface area contributed by atoms with Gasteiger partial charge in [-0.1, -0.05) is 17.7 Å². The van der Waals surface area contributed by atoms with Crippen LogP contribution in [0.5, 0.6) is 5.75 Å². The van der Waals surface area contributed by atoms with E-state index in [9.17, 15) is 9.18 Å². The zero-order valence-electron chi connectivity index (χ0n) is 11.4. The standard InChI is InChI=1S/C14H15ClFN3O2/c1-9(17)8-21-12-5-14(20)19(18-6-12)7-10-2-3-11(15)4-13(10)16/h2-6,9H,7-8,17H2,1H3. The maximum atomic E-state index is 13.7. The summed E-state index contributed by atoms with van der Waals surface area (Å²) in [4.78, 5) is 11.9. The van der Waals surface area contributed by atoms with E-state index in [0.717, 1.165) is 4.68 Å². The fourth-order valence-electron chi connectivity index (χ4n) is 1.65. The van der Waals surface area contributed by atoms with Gasteiger partial charge in [0.1, 0.15) is 18.2 Å². The summed E-state index contributed by atoms with van der Waals surface area (Å²) in [7, 11) is 0. The van der Waals surface area contributed by atoms with Gasteiger partial charge in [0, 0.05) is 22.7 Å². The number of aromatic nitrogens is 2. The van der Waals surface area contributed by atoms with Crippen molar-refractivity contribution < 1.29 is 9.13 Å². The number of nitrogens with zero attached hydrogens (tertiary/aromatic N) is 2. The summed E-state index contributed by atoms with van der Waals surface area (Å²) in [5.74, 6) is -0.140. The largest absolute Gasteiger partial charge is 0.490 e. The van der Waals surface area contributed by atoms with Crippen LogP contribution in [0.1, 0.15) is 12.5 Å². The van der Waals surface area contributed by atoms with Crippen molar-refractivity contribution >= 4 is 11.6 Å². The molecule has 0 bridgehead atoms. The van der Waals surface area contributed by atoms with E-state index in [0.29, 0.717) is 16.3 Å². The molecular weight excluding hydrogens is 297 g/mol. The van der Waals surface area contributed by atoms with Crippen molar-refractivity contribution in [2.24, 2.45) is 5.73 Å². The second-order valence-electron chi connectivity index (χ2n) is 4.71. The van der Waals surface area contributed by atoms with Crippen LogP contribution in [0.2, 0.25) is 5.02 Å². The van der Waals surface area contributed by atoms with Gasteiger partial charge in [-0.25, -0.2) is 9.07 Å². The summed E-state index contributed by atoms with van der Waals surface area (Å²) in [6.45, 7) is 2.10. The molecule has 1 atom stereocenters. The topological polar surface area (TPSA) is 70.1 Å². The van der Waals surface area contributed by atoms with Crippen LogP contribution in [0.15, 0.2) is 35.3 Å². The second-order valence-corrected chi connectivity index (χ2v) is 5.15. The zero-order chi connectivity index (χ0) is 15.4. The number of rotatable bonds is 5. The summed E-state index contributed by atoms with van der Waals surface area (Å²) in [5.41, 5.74) is 5.51. The fraction of sp³-hybridized carbons (Fsp3) is 0.286. The Labute approximate surface area is 126 Å². The first-order valence-electron chi connectivity index (χ1n) is 6.35. The van der Waals surface area contributed by atoms with Crippen molar-refractivity contribution in [2.45, 2.75) is 19.5 Å². The summed E-state index contributed by atoms with van der Waals surface area (Å²) >= 11 is 5.68. The molecule has 7 heteroatoms. The quantitative estimate of drug-likeness (QED) is 0.914. The molecule has 2 aromatic rings. The summed E-state index contributed by atoms with van der Waals surface area (Å²) < 4.78 is 20.1. The molecule has 0 fully saturated rings. The number of hydrogen-bond acceptors (Lipinski definition) is 4. The van der Waals surface area contributed by atoms with Crippen LogP contribution >= 0.6 is 11.6 Å². The molecule has 0 saturated carbocycles. The van der Waals surface area contributed by atoms with Crippen LogP contribution in [0, 0.1) is 5.82 Å². The van der Waals surface area contributed by atoms with Gasteiger partial charge >= 0.3 is 0 Å². The van der Waals surface area contributed by atoms with Gasteiger partial charge in [-0.15, -0.1) is 0 Å². The van der Waals surface area contributed by atoms with Gasteiger partial charge < -0.3 is 10.5 Å². The Morgan fingerprint density at radius 1 is 1.48 bits per heavy atom. The Morgan fingerprint density at radius 3 is 2.86 bits per heavy atom. The van der Waals surface area contributed by atoms with Crippen LogP contribution in [-0.2, 0) is 6.54 Å². The summed E-state index contributed by atoms with van der Waals surface area (Å²) in [5, 5.41) is 4.26. The van der Waals surface area contributed by atoms with Crippen LogP contribution in [-0.4, -0.2) is 22.4 Å². The predicted molar refractivity (Wildman–Crippen MR) is 78.2 cm³/mol. The minimum Gasteiger partial charge on any atom is -0.490 e. The van der Waals surface area contributed by atoms with Gasteiger partial charge in [-0.2, -0.15) is 5.10 Å². The van der Waals surface area contributed by atoms with E-state index < -0.39 is 5.82 Å². The molecule has 0 saturated heterocycles. The van der Waals surface area contributed by atoms with Gasteiger partial charge in [0.2, 0.25) is 0 Å². The van der Waals surface area contributed by atoms with Crippen molar-refractivity contribution in [3.8, 4) is 5.75 Å². The molecule has 21 heavy (non-hydrogen) atoms. The highest BCUT2D eigenvalue weighted by molar-refractivity contribution is 6.30. The Kier molecular flexibility index (Phi) is 4.93. The smallest absolute Gasteiger partial charge is 0.270 e. The average molecular weight is 312 g/mol. The van der Waals surface area contributed by atoms with Crippen LogP contribution < -0.4 is 16.0 Å². The molecule has 0 radical (unpaired) electrons. The molecule has 0 aliphatic heterocycles. The van der Waals surface area contributed by atoms with Crippen molar-refractivity contribution in [3.05, 3.63) is 57.2 Å². The molecule has 0 aliphatic rings. The van der Waals surface area contributed by atoms with E-state index in [4.69, 9.17) is 22.1 Å². The molecule has 2 N–H and O–H groups in total. The van der Waals surface area contributed by atoms with E-state index in [-0.39, 0.29) is 24.8 Å². The number of benzene rings is 1. The number of hydrogen-bond donors (Lipinski definition) is 1. The van der Waals surface area contributed by atoms with Crippen LogP contribution in [0.25, 0.3) is 0 Å². The molecule has 112 valence electrons. The molecule has 1 heterocycles. The van der Waals surface area contributed by atoms with Gasteiger partial charge in [-0.3, -0.25) is 4.79 Å². The Balaban J connectivity index is 2.16. The molecular formula is C14H15ClFN3O2. The molecule has 5 nitrogen and oxygen atoms in total. The monoisotopic (exact) mass is 311 g/mol. The first-order chi connectivity index (χ1) is 9.95. The minimum absolute atomic E-state index is 0.0232. The highest BCUT2D eigenvalue weighted by Crippen LogP contribution is 2.15. The summed E-state index contributed by atoms with van der Waals surface area (Å²) in [6.07, 6.45) is 1.40. The van der Waals surface area contributed by atoms with Gasteiger partial charge in [0.25, 0.3) is 5.56 Å². The van der Waals surface area contributed by atoms with Crippen molar-refractivity contribution in [2.75, 3.05) is 6.61 Å². The lowest BCUT2D eigenvalue weighted by Gasteiger charge is -2.10. The predicted octanol–water partition coefficient (Wildman–Crippen LogP) is 1.81. The van der Waals surface area contributed by atoms with E-state index in [1.54, 1.807) is 13.0 Å². The van der Waals surface area contributed by atoms with Gasteiger partial charge in [0.15, 0.2) is 0 Å². The van der Waals surface area contributed by atoms with Gasteiger partial charge in [-0.05, 0) is 19.1 Å². The maximum Gasteiger partial charge on any atom is 0.270 e. The Bertz CT molecular complexity index is 688. The normalized spacial score (nSPS) is 12.2. The maximum absolute atomic E-state index is 13.7. The van der Waals surface area contributed by atoms with Crippen molar-refractivity contribution in [1.29, 1.82) is 0 Å². The molecule has 2 rings (SSSR count).